The molecule has 0 aliphatic carbocycles. The van der Waals surface area contributed by atoms with E-state index in [-0.39, 0.29) is 16.9 Å². The predicted octanol–water partition coefficient (Wildman–Crippen LogP) is 3.10. The summed E-state index contributed by atoms with van der Waals surface area (Å²) in [6.45, 7) is 1.60. The van der Waals surface area contributed by atoms with Crippen LogP contribution in [0, 0.1) is 22.9 Å². The SMILES string of the molecule is Cc1ccnc(-c2ccccc2F)c1[N+](=O)[O-]. The molecule has 0 N–H and O–H groups in total. The van der Waals surface area contributed by atoms with Gasteiger partial charge in [-0.25, -0.2) is 9.37 Å². The van der Waals surface area contributed by atoms with Gasteiger partial charge in [0, 0.05) is 17.3 Å². The van der Waals surface area contributed by atoms with E-state index in [0.717, 1.165) is 0 Å². The molecule has 0 fully saturated rings. The van der Waals surface area contributed by atoms with Crippen LogP contribution in [0.3, 0.4) is 0 Å². The summed E-state index contributed by atoms with van der Waals surface area (Å²) in [5.74, 6) is -0.520. The van der Waals surface area contributed by atoms with Crippen LogP contribution in [0.25, 0.3) is 11.3 Å². The highest BCUT2D eigenvalue weighted by Crippen LogP contribution is 2.31. The highest BCUT2D eigenvalue weighted by Gasteiger charge is 2.21. The van der Waals surface area contributed by atoms with Crippen molar-refractivity contribution in [2.24, 2.45) is 0 Å². The number of benzene rings is 1. The van der Waals surface area contributed by atoms with Gasteiger partial charge in [-0.15, -0.1) is 0 Å². The molecule has 1 heterocycles. The second-order valence-electron chi connectivity index (χ2n) is 3.56. The van der Waals surface area contributed by atoms with Gasteiger partial charge < -0.3 is 0 Å². The molecule has 1 aromatic carbocycles. The van der Waals surface area contributed by atoms with E-state index < -0.39 is 10.7 Å². The molecule has 4 nitrogen and oxygen atoms in total. The number of nitro groups is 1. The Morgan fingerprint density at radius 1 is 1.29 bits per heavy atom. The zero-order valence-corrected chi connectivity index (χ0v) is 9.05. The molecule has 0 bridgehead atoms. The number of aryl methyl sites for hydroxylation is 1. The lowest BCUT2D eigenvalue weighted by molar-refractivity contribution is -0.385. The summed E-state index contributed by atoms with van der Waals surface area (Å²) in [7, 11) is 0. The van der Waals surface area contributed by atoms with Crippen LogP contribution < -0.4 is 0 Å². The number of aromatic nitrogens is 1. The Balaban J connectivity index is 2.72. The van der Waals surface area contributed by atoms with Crippen molar-refractivity contribution in [2.75, 3.05) is 0 Å². The van der Waals surface area contributed by atoms with Crippen LogP contribution in [-0.4, -0.2) is 9.91 Å². The largest absolute Gasteiger partial charge is 0.298 e. The van der Waals surface area contributed by atoms with Crippen LogP contribution in [0.1, 0.15) is 5.56 Å². The van der Waals surface area contributed by atoms with Crippen LogP contribution in [-0.2, 0) is 0 Å². The minimum atomic E-state index is -0.538. The Kier molecular flexibility index (Phi) is 2.82. The van der Waals surface area contributed by atoms with Gasteiger partial charge in [0.25, 0.3) is 5.69 Å². The van der Waals surface area contributed by atoms with Crippen LogP contribution in [0.5, 0.6) is 0 Å². The van der Waals surface area contributed by atoms with Crippen LogP contribution in [0.15, 0.2) is 36.5 Å². The lowest BCUT2D eigenvalue weighted by Crippen LogP contribution is -1.98. The van der Waals surface area contributed by atoms with Crippen molar-refractivity contribution in [3.8, 4) is 11.3 Å². The summed E-state index contributed by atoms with van der Waals surface area (Å²) in [6.07, 6.45) is 1.43. The third-order valence-electron chi connectivity index (χ3n) is 2.44. The molecule has 1 aromatic heterocycles. The second-order valence-corrected chi connectivity index (χ2v) is 3.56. The molecular formula is C12H9FN2O2. The number of halogens is 1. The minimum absolute atomic E-state index is 0.0631. The van der Waals surface area contributed by atoms with Gasteiger partial charge in [-0.3, -0.25) is 10.1 Å². The first kappa shape index (κ1) is 11.2. The lowest BCUT2D eigenvalue weighted by Gasteiger charge is -2.05. The summed E-state index contributed by atoms with van der Waals surface area (Å²) < 4.78 is 13.6. The Morgan fingerprint density at radius 2 is 2.00 bits per heavy atom. The van der Waals surface area contributed by atoms with Crippen molar-refractivity contribution >= 4 is 5.69 Å². The van der Waals surface area contributed by atoms with Crippen molar-refractivity contribution in [1.29, 1.82) is 0 Å². The molecule has 2 rings (SSSR count). The van der Waals surface area contributed by atoms with E-state index in [4.69, 9.17) is 0 Å². The normalized spacial score (nSPS) is 10.2. The molecule has 0 atom stereocenters. The first-order valence-electron chi connectivity index (χ1n) is 4.96. The lowest BCUT2D eigenvalue weighted by atomic mass is 10.1. The summed E-state index contributed by atoms with van der Waals surface area (Å²) >= 11 is 0. The molecule has 0 aliphatic rings. The Hall–Kier alpha value is -2.30. The maximum absolute atomic E-state index is 13.6. The number of hydrogen-bond acceptors (Lipinski definition) is 3. The molecule has 86 valence electrons. The molecule has 2 aromatic rings. The third-order valence-corrected chi connectivity index (χ3v) is 2.44. The smallest absolute Gasteiger partial charge is 0.258 e. The van der Waals surface area contributed by atoms with Gasteiger partial charge in [0.05, 0.1) is 4.92 Å². The average Bonchev–Trinajstić information content (AvgIpc) is 2.28. The van der Waals surface area contributed by atoms with Gasteiger partial charge in [-0.2, -0.15) is 0 Å². The zero-order valence-electron chi connectivity index (χ0n) is 9.05. The highest BCUT2D eigenvalue weighted by atomic mass is 19.1. The van der Waals surface area contributed by atoms with Gasteiger partial charge >= 0.3 is 0 Å². The van der Waals surface area contributed by atoms with Crippen LogP contribution in [0.4, 0.5) is 10.1 Å². The number of nitrogens with zero attached hydrogens (tertiary/aromatic N) is 2. The quantitative estimate of drug-likeness (QED) is 0.590. The predicted molar refractivity (Wildman–Crippen MR) is 61.0 cm³/mol. The Bertz CT molecular complexity index is 584. The standard InChI is InChI=1S/C12H9FN2O2/c1-8-6-7-14-11(12(8)15(16)17)9-4-2-3-5-10(9)13/h2-7H,1H3. The monoisotopic (exact) mass is 232 g/mol. The number of pyridine rings is 1. The van der Waals surface area contributed by atoms with Gasteiger partial charge in [0.2, 0.25) is 0 Å². The van der Waals surface area contributed by atoms with Gasteiger partial charge in [-0.05, 0) is 25.1 Å². The number of rotatable bonds is 2. The van der Waals surface area contributed by atoms with Crippen molar-refractivity contribution in [3.05, 3.63) is 58.0 Å². The second kappa shape index (κ2) is 4.29. The molecule has 0 saturated carbocycles. The van der Waals surface area contributed by atoms with E-state index in [0.29, 0.717) is 5.56 Å². The van der Waals surface area contributed by atoms with Gasteiger partial charge in [0.15, 0.2) is 5.69 Å². The maximum Gasteiger partial charge on any atom is 0.298 e. The van der Waals surface area contributed by atoms with E-state index >= 15 is 0 Å². The van der Waals surface area contributed by atoms with Crippen molar-refractivity contribution in [2.45, 2.75) is 6.92 Å². The van der Waals surface area contributed by atoms with Crippen LogP contribution in [0.2, 0.25) is 0 Å². The summed E-state index contributed by atoms with van der Waals surface area (Å²) in [6, 6.07) is 7.41. The molecule has 0 aliphatic heterocycles. The summed E-state index contributed by atoms with van der Waals surface area (Å²) in [5.41, 5.74) is 0.511. The summed E-state index contributed by atoms with van der Waals surface area (Å²) in [5, 5.41) is 11.0. The van der Waals surface area contributed by atoms with E-state index in [1.807, 2.05) is 0 Å². The molecule has 0 amide bonds. The Labute approximate surface area is 96.9 Å². The fraction of sp³-hybridized carbons (Fsp3) is 0.0833. The fourth-order valence-corrected chi connectivity index (χ4v) is 1.63. The van der Waals surface area contributed by atoms with E-state index in [9.17, 15) is 14.5 Å². The van der Waals surface area contributed by atoms with Crippen molar-refractivity contribution < 1.29 is 9.31 Å². The third kappa shape index (κ3) is 1.99. The van der Waals surface area contributed by atoms with Crippen LogP contribution >= 0.6 is 0 Å². The summed E-state index contributed by atoms with van der Waals surface area (Å²) in [4.78, 5) is 14.3. The first-order chi connectivity index (χ1) is 8.11. The first-order valence-corrected chi connectivity index (χ1v) is 4.96. The Morgan fingerprint density at radius 3 is 2.65 bits per heavy atom. The maximum atomic E-state index is 13.6. The van der Waals surface area contributed by atoms with Crippen molar-refractivity contribution in [1.82, 2.24) is 4.98 Å². The van der Waals surface area contributed by atoms with E-state index in [2.05, 4.69) is 4.98 Å². The van der Waals surface area contributed by atoms with Gasteiger partial charge in [0.1, 0.15) is 5.82 Å². The molecule has 0 radical (unpaired) electrons. The molecule has 0 unspecified atom stereocenters. The minimum Gasteiger partial charge on any atom is -0.258 e. The molecular weight excluding hydrogens is 223 g/mol. The van der Waals surface area contributed by atoms with Gasteiger partial charge in [-0.1, -0.05) is 12.1 Å². The molecule has 5 heteroatoms. The van der Waals surface area contributed by atoms with E-state index in [1.54, 1.807) is 13.0 Å². The number of hydrogen-bond donors (Lipinski definition) is 0. The molecule has 17 heavy (non-hydrogen) atoms. The van der Waals surface area contributed by atoms with E-state index in [1.165, 1.54) is 30.5 Å². The molecule has 0 spiro atoms. The van der Waals surface area contributed by atoms with Crippen molar-refractivity contribution in [3.63, 3.8) is 0 Å². The fourth-order valence-electron chi connectivity index (χ4n) is 1.63. The molecule has 0 saturated heterocycles. The zero-order chi connectivity index (χ0) is 12.4. The topological polar surface area (TPSA) is 56.0 Å². The highest BCUT2D eigenvalue weighted by molar-refractivity contribution is 5.71. The average molecular weight is 232 g/mol.